The summed E-state index contributed by atoms with van der Waals surface area (Å²) in [7, 11) is 0. The zero-order chi connectivity index (χ0) is 12.0. The molecule has 84 valence electrons. The molecule has 0 N–H and O–H groups in total. The van der Waals surface area contributed by atoms with Gasteiger partial charge in [0, 0.05) is 5.75 Å². The monoisotopic (exact) mass is 250 g/mol. The van der Waals surface area contributed by atoms with Gasteiger partial charge in [-0.05, 0) is 25.5 Å². The van der Waals surface area contributed by atoms with Crippen molar-refractivity contribution in [3.05, 3.63) is 47.5 Å². The van der Waals surface area contributed by atoms with Crippen LogP contribution in [0.5, 0.6) is 0 Å². The van der Waals surface area contributed by atoms with Gasteiger partial charge in [0.2, 0.25) is 5.78 Å². The molecule has 0 unspecified atom stereocenters. The molecule has 1 aromatic carbocycles. The van der Waals surface area contributed by atoms with Gasteiger partial charge >= 0.3 is 0 Å². The number of carbonyl (C=O) groups excluding carboxylic acids is 1. The Morgan fingerprint density at radius 1 is 1.31 bits per heavy atom. The normalized spacial score (nSPS) is 9.62. The van der Waals surface area contributed by atoms with Crippen molar-refractivity contribution in [3.63, 3.8) is 0 Å². The second kappa shape index (κ2) is 6.61. The number of rotatable bonds is 4. The molecule has 0 saturated carbocycles. The maximum atomic E-state index is 11.5. The van der Waals surface area contributed by atoms with Crippen LogP contribution in [0.25, 0.3) is 0 Å². The summed E-state index contributed by atoms with van der Waals surface area (Å²) in [6.07, 6.45) is 1.58. The SMILES string of the molecule is CC(C)=CC(=O)C(=S)SCc1ccccc1. The molecule has 1 rings (SSSR count). The van der Waals surface area contributed by atoms with Crippen LogP contribution < -0.4 is 0 Å². The Hall–Kier alpha value is -0.930. The fourth-order valence-electron chi connectivity index (χ4n) is 1.12. The highest BCUT2D eigenvalue weighted by Crippen LogP contribution is 2.15. The highest BCUT2D eigenvalue weighted by Gasteiger charge is 2.06. The molecule has 0 spiro atoms. The van der Waals surface area contributed by atoms with Gasteiger partial charge in [0.05, 0.1) is 0 Å². The molecule has 0 heterocycles. The summed E-state index contributed by atoms with van der Waals surface area (Å²) in [5, 5.41) is 0. The summed E-state index contributed by atoms with van der Waals surface area (Å²) in [6.45, 7) is 3.78. The molecule has 0 fully saturated rings. The summed E-state index contributed by atoms with van der Waals surface area (Å²) in [4.78, 5) is 11.5. The van der Waals surface area contributed by atoms with E-state index in [2.05, 4.69) is 0 Å². The summed E-state index contributed by atoms with van der Waals surface area (Å²) < 4.78 is 0.435. The highest BCUT2D eigenvalue weighted by atomic mass is 32.2. The predicted octanol–water partition coefficient (Wildman–Crippen LogP) is 3.78. The lowest BCUT2D eigenvalue weighted by Gasteiger charge is -2.00. The van der Waals surface area contributed by atoms with Gasteiger partial charge in [0.25, 0.3) is 0 Å². The van der Waals surface area contributed by atoms with Crippen LogP contribution in [0.4, 0.5) is 0 Å². The molecule has 0 bridgehead atoms. The average molecular weight is 250 g/mol. The van der Waals surface area contributed by atoms with Gasteiger partial charge in [-0.1, -0.05) is 48.1 Å². The number of benzene rings is 1. The summed E-state index contributed by atoms with van der Waals surface area (Å²) >= 11 is 6.48. The Balaban J connectivity index is 2.48. The van der Waals surface area contributed by atoms with Gasteiger partial charge in [-0.3, -0.25) is 4.79 Å². The zero-order valence-electron chi connectivity index (χ0n) is 9.40. The first-order valence-electron chi connectivity index (χ1n) is 4.99. The van der Waals surface area contributed by atoms with E-state index >= 15 is 0 Å². The molecule has 3 heteroatoms. The van der Waals surface area contributed by atoms with Crippen LogP contribution in [0.3, 0.4) is 0 Å². The third-order valence-corrected chi connectivity index (χ3v) is 3.33. The first-order valence-corrected chi connectivity index (χ1v) is 6.39. The van der Waals surface area contributed by atoms with Crippen molar-refractivity contribution in [2.75, 3.05) is 0 Å². The van der Waals surface area contributed by atoms with Crippen molar-refractivity contribution in [2.24, 2.45) is 0 Å². The van der Waals surface area contributed by atoms with Gasteiger partial charge in [0.15, 0.2) is 0 Å². The lowest BCUT2D eigenvalue weighted by Crippen LogP contribution is -2.04. The number of carbonyl (C=O) groups is 1. The lowest BCUT2D eigenvalue weighted by atomic mass is 10.2. The van der Waals surface area contributed by atoms with Crippen LogP contribution in [-0.2, 0) is 10.5 Å². The van der Waals surface area contributed by atoms with Crippen LogP contribution in [0, 0.1) is 0 Å². The molecule has 0 radical (unpaired) electrons. The maximum Gasteiger partial charge on any atom is 0.202 e. The largest absolute Gasteiger partial charge is 0.288 e. The molecule has 1 nitrogen and oxygen atoms in total. The topological polar surface area (TPSA) is 17.1 Å². The molecular formula is C13H14OS2. The molecule has 0 atom stereocenters. The maximum absolute atomic E-state index is 11.5. The minimum atomic E-state index is -0.0593. The molecule has 0 amide bonds. The zero-order valence-corrected chi connectivity index (χ0v) is 11.0. The first kappa shape index (κ1) is 13.1. The van der Waals surface area contributed by atoms with E-state index in [1.807, 2.05) is 44.2 Å². The second-order valence-electron chi connectivity index (χ2n) is 3.65. The van der Waals surface area contributed by atoms with E-state index in [9.17, 15) is 4.79 Å². The Morgan fingerprint density at radius 2 is 1.94 bits per heavy atom. The first-order chi connectivity index (χ1) is 7.59. The Kier molecular flexibility index (Phi) is 5.43. The van der Waals surface area contributed by atoms with E-state index in [4.69, 9.17) is 12.2 Å². The summed E-state index contributed by atoms with van der Waals surface area (Å²) in [6, 6.07) is 10.00. The van der Waals surface area contributed by atoms with Gasteiger partial charge in [-0.15, -0.1) is 11.8 Å². The molecular weight excluding hydrogens is 236 g/mol. The Morgan fingerprint density at radius 3 is 2.50 bits per heavy atom. The smallest absolute Gasteiger partial charge is 0.202 e. The van der Waals surface area contributed by atoms with E-state index in [1.54, 1.807) is 6.08 Å². The van der Waals surface area contributed by atoms with Gasteiger partial charge in [-0.25, -0.2) is 0 Å². The van der Waals surface area contributed by atoms with Crippen LogP contribution >= 0.6 is 24.0 Å². The highest BCUT2D eigenvalue weighted by molar-refractivity contribution is 8.24. The van der Waals surface area contributed by atoms with Crippen LogP contribution in [0.15, 0.2) is 42.0 Å². The summed E-state index contributed by atoms with van der Waals surface area (Å²) in [5.41, 5.74) is 2.16. The van der Waals surface area contributed by atoms with E-state index in [-0.39, 0.29) is 5.78 Å². The predicted molar refractivity (Wildman–Crippen MR) is 74.8 cm³/mol. The van der Waals surface area contributed by atoms with Gasteiger partial charge in [-0.2, -0.15) is 0 Å². The van der Waals surface area contributed by atoms with E-state index < -0.39 is 0 Å². The lowest BCUT2D eigenvalue weighted by molar-refractivity contribution is -0.108. The van der Waals surface area contributed by atoms with Crippen LogP contribution in [0.2, 0.25) is 0 Å². The van der Waals surface area contributed by atoms with Gasteiger partial charge < -0.3 is 0 Å². The molecule has 0 aromatic heterocycles. The van der Waals surface area contributed by atoms with Crippen molar-refractivity contribution in [3.8, 4) is 0 Å². The number of allylic oxidation sites excluding steroid dienone is 2. The third kappa shape index (κ3) is 4.73. The fourth-order valence-corrected chi connectivity index (χ4v) is 2.04. The third-order valence-electron chi connectivity index (χ3n) is 1.83. The number of hydrogen-bond acceptors (Lipinski definition) is 3. The van der Waals surface area contributed by atoms with Crippen molar-refractivity contribution in [2.45, 2.75) is 19.6 Å². The average Bonchev–Trinajstić information content (AvgIpc) is 2.26. The van der Waals surface area contributed by atoms with Crippen molar-refractivity contribution < 1.29 is 4.79 Å². The molecule has 16 heavy (non-hydrogen) atoms. The fraction of sp³-hybridized carbons (Fsp3) is 0.231. The van der Waals surface area contributed by atoms with Crippen molar-refractivity contribution >= 4 is 34.0 Å². The molecule has 0 aliphatic heterocycles. The Bertz CT molecular complexity index is 403. The summed E-state index contributed by atoms with van der Waals surface area (Å²) in [5.74, 6) is 0.693. The number of hydrogen-bond donors (Lipinski definition) is 0. The Labute approximate surface area is 106 Å². The quantitative estimate of drug-likeness (QED) is 0.598. The number of thiocarbonyl (C=S) groups is 1. The second-order valence-corrected chi connectivity index (χ2v) is 5.30. The standard InChI is InChI=1S/C13H14OS2/c1-10(2)8-12(14)13(15)16-9-11-6-4-3-5-7-11/h3-8H,9H2,1-2H3. The molecule has 1 aromatic rings. The number of ketones is 1. The molecule has 0 aliphatic carbocycles. The van der Waals surface area contributed by atoms with Crippen LogP contribution in [-0.4, -0.2) is 9.98 Å². The molecule has 0 aliphatic rings. The number of thioether (sulfide) groups is 1. The van der Waals surface area contributed by atoms with Crippen molar-refractivity contribution in [1.29, 1.82) is 0 Å². The van der Waals surface area contributed by atoms with Gasteiger partial charge in [0.1, 0.15) is 4.20 Å². The van der Waals surface area contributed by atoms with Crippen molar-refractivity contribution in [1.82, 2.24) is 0 Å². The minimum Gasteiger partial charge on any atom is -0.288 e. The minimum absolute atomic E-state index is 0.0593. The van der Waals surface area contributed by atoms with E-state index in [0.29, 0.717) is 4.20 Å². The van der Waals surface area contributed by atoms with Crippen LogP contribution in [0.1, 0.15) is 19.4 Å². The van der Waals surface area contributed by atoms with E-state index in [0.717, 1.165) is 11.3 Å². The van der Waals surface area contributed by atoms with E-state index in [1.165, 1.54) is 17.3 Å². The molecule has 0 saturated heterocycles.